The molecule has 0 fully saturated rings. The Hall–Kier alpha value is -4.21. The van der Waals surface area contributed by atoms with E-state index in [2.05, 4.69) is 14.8 Å². The summed E-state index contributed by atoms with van der Waals surface area (Å²) in [6, 6.07) is 13.7. The third-order valence-corrected chi connectivity index (χ3v) is 5.05. The molecular formula is C22H13F3N4O3. The van der Waals surface area contributed by atoms with E-state index in [9.17, 15) is 22.8 Å². The summed E-state index contributed by atoms with van der Waals surface area (Å²) in [5.74, 6) is -1.67. The Bertz CT molecular complexity index is 1380. The SMILES string of the molecule is Cc1nn(-c2ccccc2)c2ncc3c(c12)C(=O)N(c1ccc(OC(F)(F)F)cc1)C3=O. The van der Waals surface area contributed by atoms with Crippen molar-refractivity contribution in [3.8, 4) is 11.4 Å². The highest BCUT2D eigenvalue weighted by Gasteiger charge is 2.40. The van der Waals surface area contributed by atoms with E-state index in [4.69, 9.17) is 0 Å². The van der Waals surface area contributed by atoms with Gasteiger partial charge in [-0.15, -0.1) is 13.2 Å². The Labute approximate surface area is 178 Å². The molecule has 7 nitrogen and oxygen atoms in total. The molecule has 0 saturated carbocycles. The molecule has 1 aliphatic heterocycles. The Morgan fingerprint density at radius 3 is 2.25 bits per heavy atom. The highest BCUT2D eigenvalue weighted by molar-refractivity contribution is 6.37. The maximum absolute atomic E-state index is 13.3. The van der Waals surface area contributed by atoms with Gasteiger partial charge in [0.25, 0.3) is 11.8 Å². The van der Waals surface area contributed by atoms with E-state index in [0.717, 1.165) is 22.7 Å². The zero-order chi connectivity index (χ0) is 22.6. The number of alkyl halides is 3. The molecule has 10 heteroatoms. The summed E-state index contributed by atoms with van der Waals surface area (Å²) in [4.78, 5) is 31.5. The first-order valence-electron chi connectivity index (χ1n) is 9.43. The van der Waals surface area contributed by atoms with Crippen LogP contribution in [0.25, 0.3) is 16.7 Å². The Balaban J connectivity index is 1.58. The number of benzene rings is 2. The second-order valence-electron chi connectivity index (χ2n) is 7.07. The van der Waals surface area contributed by atoms with Crippen LogP contribution in [-0.2, 0) is 0 Å². The zero-order valence-electron chi connectivity index (χ0n) is 16.4. The number of carbonyl (C=O) groups excluding carboxylic acids is 2. The molecule has 0 aliphatic carbocycles. The molecular weight excluding hydrogens is 425 g/mol. The molecule has 5 rings (SSSR count). The number of hydrogen-bond acceptors (Lipinski definition) is 5. The van der Waals surface area contributed by atoms with Crippen LogP contribution >= 0.6 is 0 Å². The molecule has 0 saturated heterocycles. The van der Waals surface area contributed by atoms with Crippen LogP contribution in [0.2, 0.25) is 0 Å². The number of anilines is 1. The highest BCUT2D eigenvalue weighted by atomic mass is 19.4. The lowest BCUT2D eigenvalue weighted by Gasteiger charge is -2.15. The Morgan fingerprint density at radius 2 is 1.59 bits per heavy atom. The smallest absolute Gasteiger partial charge is 0.406 e. The summed E-state index contributed by atoms with van der Waals surface area (Å²) < 4.78 is 42.6. The number of hydrogen-bond donors (Lipinski definition) is 0. The van der Waals surface area contributed by atoms with Crippen molar-refractivity contribution >= 4 is 28.5 Å². The minimum Gasteiger partial charge on any atom is -0.406 e. The van der Waals surface area contributed by atoms with Gasteiger partial charge in [-0.25, -0.2) is 14.6 Å². The van der Waals surface area contributed by atoms with Gasteiger partial charge in [0.2, 0.25) is 0 Å². The van der Waals surface area contributed by atoms with Crippen molar-refractivity contribution in [2.45, 2.75) is 13.3 Å². The number of aromatic nitrogens is 3. The van der Waals surface area contributed by atoms with E-state index in [1.807, 2.05) is 30.3 Å². The number of fused-ring (bicyclic) bond motifs is 3. The van der Waals surface area contributed by atoms with Crippen LogP contribution in [0.4, 0.5) is 18.9 Å². The number of pyridine rings is 1. The second-order valence-corrected chi connectivity index (χ2v) is 7.07. The molecule has 3 heterocycles. The normalized spacial score (nSPS) is 13.7. The fourth-order valence-electron chi connectivity index (χ4n) is 3.74. The largest absolute Gasteiger partial charge is 0.573 e. The number of aryl methyl sites for hydroxylation is 1. The van der Waals surface area contributed by atoms with E-state index in [1.165, 1.54) is 18.3 Å². The molecule has 2 aromatic carbocycles. The summed E-state index contributed by atoms with van der Waals surface area (Å²) in [7, 11) is 0. The summed E-state index contributed by atoms with van der Waals surface area (Å²) in [5.41, 5.74) is 2.07. The molecule has 0 bridgehead atoms. The van der Waals surface area contributed by atoms with Crippen LogP contribution in [-0.4, -0.2) is 32.9 Å². The van der Waals surface area contributed by atoms with Gasteiger partial charge in [-0.1, -0.05) is 18.2 Å². The molecule has 4 aromatic rings. The monoisotopic (exact) mass is 438 g/mol. The molecule has 160 valence electrons. The summed E-state index contributed by atoms with van der Waals surface area (Å²) in [6.07, 6.45) is -3.52. The predicted octanol–water partition coefficient (Wildman–Crippen LogP) is 4.43. The molecule has 0 N–H and O–H groups in total. The number of ether oxygens (including phenoxy) is 1. The average molecular weight is 438 g/mol. The molecule has 32 heavy (non-hydrogen) atoms. The fourth-order valence-corrected chi connectivity index (χ4v) is 3.74. The van der Waals surface area contributed by atoms with Crippen molar-refractivity contribution in [3.63, 3.8) is 0 Å². The standard InChI is InChI=1S/C22H13F3N4O3/c1-12-17-18-16(11-26-19(17)29(27-12)14-5-3-2-4-6-14)20(30)28(21(18)31)13-7-9-15(10-8-13)32-22(23,24)25/h2-11H,1H3. The van der Waals surface area contributed by atoms with Gasteiger partial charge in [0.1, 0.15) is 5.75 Å². The fraction of sp³-hybridized carbons (Fsp3) is 0.0909. The first-order valence-corrected chi connectivity index (χ1v) is 9.43. The number of carbonyl (C=O) groups is 2. The van der Waals surface area contributed by atoms with Crippen LogP contribution in [0, 0.1) is 6.92 Å². The van der Waals surface area contributed by atoms with Gasteiger partial charge >= 0.3 is 6.36 Å². The Kier molecular flexibility index (Phi) is 4.26. The van der Waals surface area contributed by atoms with Gasteiger partial charge in [0.05, 0.1) is 33.6 Å². The van der Waals surface area contributed by atoms with Crippen molar-refractivity contribution in [1.82, 2.24) is 14.8 Å². The van der Waals surface area contributed by atoms with E-state index in [0.29, 0.717) is 16.7 Å². The summed E-state index contributed by atoms with van der Waals surface area (Å²) in [6.45, 7) is 1.72. The van der Waals surface area contributed by atoms with E-state index in [-0.39, 0.29) is 16.8 Å². The molecule has 0 unspecified atom stereocenters. The van der Waals surface area contributed by atoms with E-state index in [1.54, 1.807) is 11.6 Å². The van der Waals surface area contributed by atoms with Gasteiger partial charge in [0.15, 0.2) is 5.65 Å². The Morgan fingerprint density at radius 1 is 0.906 bits per heavy atom. The molecule has 0 radical (unpaired) electrons. The minimum absolute atomic E-state index is 0.105. The van der Waals surface area contributed by atoms with Gasteiger partial charge < -0.3 is 4.74 Å². The molecule has 0 spiro atoms. The van der Waals surface area contributed by atoms with Gasteiger partial charge in [0, 0.05) is 6.20 Å². The molecule has 1 aliphatic rings. The van der Waals surface area contributed by atoms with Crippen molar-refractivity contribution in [2.24, 2.45) is 0 Å². The van der Waals surface area contributed by atoms with Crippen molar-refractivity contribution in [2.75, 3.05) is 4.90 Å². The number of amides is 2. The predicted molar refractivity (Wildman–Crippen MR) is 108 cm³/mol. The summed E-state index contributed by atoms with van der Waals surface area (Å²) in [5, 5.41) is 4.94. The number of halogens is 3. The molecule has 0 atom stereocenters. The number of imide groups is 1. The molecule has 2 amide bonds. The third kappa shape index (κ3) is 3.08. The first-order chi connectivity index (χ1) is 15.2. The maximum atomic E-state index is 13.3. The number of rotatable bonds is 3. The van der Waals surface area contributed by atoms with Crippen molar-refractivity contribution in [1.29, 1.82) is 0 Å². The van der Waals surface area contributed by atoms with E-state index >= 15 is 0 Å². The van der Waals surface area contributed by atoms with Crippen LogP contribution in [0.1, 0.15) is 26.4 Å². The lowest BCUT2D eigenvalue weighted by Crippen LogP contribution is -2.29. The van der Waals surface area contributed by atoms with Crippen LogP contribution < -0.4 is 9.64 Å². The lowest BCUT2D eigenvalue weighted by atomic mass is 10.1. The van der Waals surface area contributed by atoms with Crippen LogP contribution in [0.5, 0.6) is 5.75 Å². The minimum atomic E-state index is -4.84. The number of para-hydroxylation sites is 1. The van der Waals surface area contributed by atoms with Crippen molar-refractivity contribution in [3.05, 3.63) is 77.6 Å². The average Bonchev–Trinajstić information content (AvgIpc) is 3.22. The quantitative estimate of drug-likeness (QED) is 0.443. The van der Waals surface area contributed by atoms with Gasteiger partial charge in [-0.3, -0.25) is 9.59 Å². The maximum Gasteiger partial charge on any atom is 0.573 e. The lowest BCUT2D eigenvalue weighted by molar-refractivity contribution is -0.274. The highest BCUT2D eigenvalue weighted by Crippen LogP contribution is 2.35. The van der Waals surface area contributed by atoms with Crippen LogP contribution in [0.15, 0.2) is 60.8 Å². The van der Waals surface area contributed by atoms with E-state index < -0.39 is 23.9 Å². The van der Waals surface area contributed by atoms with Gasteiger partial charge in [-0.2, -0.15) is 5.10 Å². The zero-order valence-corrected chi connectivity index (χ0v) is 16.4. The summed E-state index contributed by atoms with van der Waals surface area (Å²) >= 11 is 0. The van der Waals surface area contributed by atoms with Crippen molar-refractivity contribution < 1.29 is 27.5 Å². The van der Waals surface area contributed by atoms with Crippen LogP contribution in [0.3, 0.4) is 0 Å². The molecule has 2 aromatic heterocycles. The first kappa shape index (κ1) is 19.7. The topological polar surface area (TPSA) is 77.3 Å². The number of nitrogens with zero attached hydrogens (tertiary/aromatic N) is 4. The third-order valence-electron chi connectivity index (χ3n) is 5.05. The van der Waals surface area contributed by atoms with Gasteiger partial charge in [-0.05, 0) is 43.3 Å². The second kappa shape index (κ2) is 6.91.